The zero-order valence-electron chi connectivity index (χ0n) is 12.5. The smallest absolute Gasteiger partial charge is 0.307 e. The SMILES string of the molecule is CCN1CCc2nc3c(C)cccc3c(CC(=O)O)c2C1. The van der Waals surface area contributed by atoms with Crippen LogP contribution in [0.2, 0.25) is 0 Å². The van der Waals surface area contributed by atoms with E-state index in [0.717, 1.165) is 59.3 Å². The van der Waals surface area contributed by atoms with E-state index in [1.165, 1.54) is 0 Å². The van der Waals surface area contributed by atoms with E-state index in [9.17, 15) is 9.90 Å². The van der Waals surface area contributed by atoms with Crippen molar-refractivity contribution in [1.29, 1.82) is 0 Å². The molecule has 0 saturated carbocycles. The first-order valence-corrected chi connectivity index (χ1v) is 7.44. The lowest BCUT2D eigenvalue weighted by molar-refractivity contribution is -0.136. The molecule has 0 unspecified atom stereocenters. The highest BCUT2D eigenvalue weighted by Crippen LogP contribution is 2.29. The van der Waals surface area contributed by atoms with Gasteiger partial charge in [0.15, 0.2) is 0 Å². The van der Waals surface area contributed by atoms with Crippen LogP contribution in [0, 0.1) is 6.92 Å². The van der Waals surface area contributed by atoms with Gasteiger partial charge in [0.25, 0.3) is 0 Å². The molecule has 0 aliphatic carbocycles. The van der Waals surface area contributed by atoms with Crippen molar-refractivity contribution in [3.05, 3.63) is 40.6 Å². The number of carbonyl (C=O) groups is 1. The second-order valence-electron chi connectivity index (χ2n) is 5.68. The summed E-state index contributed by atoms with van der Waals surface area (Å²) in [5, 5.41) is 10.3. The van der Waals surface area contributed by atoms with Gasteiger partial charge in [0.2, 0.25) is 0 Å². The summed E-state index contributed by atoms with van der Waals surface area (Å²) in [5.74, 6) is -0.778. The Bertz CT molecular complexity index is 709. The van der Waals surface area contributed by atoms with Crippen LogP contribution in [-0.4, -0.2) is 34.0 Å². The van der Waals surface area contributed by atoms with E-state index in [2.05, 4.69) is 11.8 Å². The van der Waals surface area contributed by atoms with Gasteiger partial charge in [-0.3, -0.25) is 14.7 Å². The summed E-state index contributed by atoms with van der Waals surface area (Å²) in [5.41, 5.74) is 5.23. The fourth-order valence-electron chi connectivity index (χ4n) is 3.17. The first-order valence-electron chi connectivity index (χ1n) is 7.44. The van der Waals surface area contributed by atoms with Gasteiger partial charge >= 0.3 is 5.97 Å². The van der Waals surface area contributed by atoms with Gasteiger partial charge in [-0.1, -0.05) is 25.1 Å². The highest BCUT2D eigenvalue weighted by Gasteiger charge is 2.23. The van der Waals surface area contributed by atoms with E-state index in [1.54, 1.807) is 0 Å². The molecule has 4 nitrogen and oxygen atoms in total. The molecule has 0 amide bonds. The number of para-hydroxylation sites is 1. The van der Waals surface area contributed by atoms with Gasteiger partial charge in [0, 0.05) is 30.6 Å². The van der Waals surface area contributed by atoms with Crippen LogP contribution in [-0.2, 0) is 24.2 Å². The maximum Gasteiger partial charge on any atom is 0.307 e. The zero-order chi connectivity index (χ0) is 15.0. The van der Waals surface area contributed by atoms with Crippen molar-refractivity contribution in [2.45, 2.75) is 33.2 Å². The van der Waals surface area contributed by atoms with Gasteiger partial charge in [-0.25, -0.2) is 0 Å². The summed E-state index contributed by atoms with van der Waals surface area (Å²) >= 11 is 0. The molecule has 2 aromatic rings. The molecule has 0 fully saturated rings. The number of aromatic nitrogens is 1. The fourth-order valence-corrected chi connectivity index (χ4v) is 3.17. The minimum Gasteiger partial charge on any atom is -0.481 e. The summed E-state index contributed by atoms with van der Waals surface area (Å²) in [7, 11) is 0. The quantitative estimate of drug-likeness (QED) is 0.941. The van der Waals surface area contributed by atoms with Crippen molar-refractivity contribution in [3.63, 3.8) is 0 Å². The molecular formula is C17H20N2O2. The summed E-state index contributed by atoms with van der Waals surface area (Å²) < 4.78 is 0. The van der Waals surface area contributed by atoms with E-state index in [4.69, 9.17) is 4.98 Å². The van der Waals surface area contributed by atoms with Crippen LogP contribution >= 0.6 is 0 Å². The number of aryl methyl sites for hydroxylation is 1. The molecule has 1 N–H and O–H groups in total. The largest absolute Gasteiger partial charge is 0.481 e. The number of pyridine rings is 1. The molecule has 0 spiro atoms. The molecule has 110 valence electrons. The average molecular weight is 284 g/mol. The molecule has 4 heteroatoms. The Kier molecular flexibility index (Phi) is 3.64. The van der Waals surface area contributed by atoms with Crippen LogP contribution in [0.3, 0.4) is 0 Å². The number of rotatable bonds is 3. The van der Waals surface area contributed by atoms with Gasteiger partial charge in [0.05, 0.1) is 11.9 Å². The van der Waals surface area contributed by atoms with Gasteiger partial charge < -0.3 is 5.11 Å². The Balaban J connectivity index is 2.25. The van der Waals surface area contributed by atoms with Crippen molar-refractivity contribution in [1.82, 2.24) is 9.88 Å². The third-order valence-electron chi connectivity index (χ3n) is 4.34. The van der Waals surface area contributed by atoms with Crippen molar-refractivity contribution in [2.24, 2.45) is 0 Å². The minimum atomic E-state index is -0.778. The Morgan fingerprint density at radius 3 is 2.95 bits per heavy atom. The van der Waals surface area contributed by atoms with E-state index >= 15 is 0 Å². The minimum absolute atomic E-state index is 0.0718. The molecule has 1 aliphatic heterocycles. The molecule has 1 aromatic carbocycles. The van der Waals surface area contributed by atoms with Gasteiger partial charge in [-0.05, 0) is 30.2 Å². The zero-order valence-corrected chi connectivity index (χ0v) is 12.5. The van der Waals surface area contributed by atoms with E-state index in [-0.39, 0.29) is 6.42 Å². The van der Waals surface area contributed by atoms with Crippen molar-refractivity contribution in [3.8, 4) is 0 Å². The highest BCUT2D eigenvalue weighted by molar-refractivity contribution is 5.89. The number of carboxylic acid groups (broad SMARTS) is 1. The molecule has 0 atom stereocenters. The third kappa shape index (κ3) is 2.51. The number of nitrogens with zero attached hydrogens (tertiary/aromatic N) is 2. The van der Waals surface area contributed by atoms with E-state index in [0.29, 0.717) is 0 Å². The molecule has 0 bridgehead atoms. The van der Waals surface area contributed by atoms with Gasteiger partial charge in [-0.15, -0.1) is 0 Å². The highest BCUT2D eigenvalue weighted by atomic mass is 16.4. The van der Waals surface area contributed by atoms with Crippen LogP contribution in [0.4, 0.5) is 0 Å². The lowest BCUT2D eigenvalue weighted by Gasteiger charge is -2.29. The first-order chi connectivity index (χ1) is 10.1. The monoisotopic (exact) mass is 284 g/mol. The Morgan fingerprint density at radius 2 is 2.24 bits per heavy atom. The predicted molar refractivity (Wildman–Crippen MR) is 82.5 cm³/mol. The lowest BCUT2D eigenvalue weighted by Crippen LogP contribution is -2.32. The molecule has 1 aliphatic rings. The van der Waals surface area contributed by atoms with Crippen LogP contribution < -0.4 is 0 Å². The third-order valence-corrected chi connectivity index (χ3v) is 4.34. The Hall–Kier alpha value is -1.94. The maximum atomic E-state index is 11.3. The van der Waals surface area contributed by atoms with Crippen molar-refractivity contribution < 1.29 is 9.90 Å². The Labute approximate surface area is 124 Å². The molecule has 0 radical (unpaired) electrons. The van der Waals surface area contributed by atoms with Crippen molar-refractivity contribution >= 4 is 16.9 Å². The standard InChI is InChI=1S/C17H20N2O2/c1-3-19-8-7-15-14(10-19)13(9-16(20)21)12-6-4-5-11(2)17(12)18-15/h4-6H,3,7-10H2,1-2H3,(H,20,21). The second-order valence-corrected chi connectivity index (χ2v) is 5.68. The van der Waals surface area contributed by atoms with Gasteiger partial charge in [0.1, 0.15) is 0 Å². The molecular weight excluding hydrogens is 264 g/mol. The number of hydrogen-bond acceptors (Lipinski definition) is 3. The molecule has 1 aromatic heterocycles. The second kappa shape index (κ2) is 5.45. The molecule has 21 heavy (non-hydrogen) atoms. The molecule has 0 saturated heterocycles. The first kappa shape index (κ1) is 14.0. The summed E-state index contributed by atoms with van der Waals surface area (Å²) in [4.78, 5) is 18.5. The van der Waals surface area contributed by atoms with Crippen LogP contribution in [0.15, 0.2) is 18.2 Å². The fraction of sp³-hybridized carbons (Fsp3) is 0.412. The summed E-state index contributed by atoms with van der Waals surface area (Å²) in [6, 6.07) is 6.02. The summed E-state index contributed by atoms with van der Waals surface area (Å²) in [6.45, 7) is 6.97. The normalized spacial score (nSPS) is 15.1. The molecule has 2 heterocycles. The summed E-state index contributed by atoms with van der Waals surface area (Å²) in [6.07, 6.45) is 0.975. The number of carboxylic acids is 1. The van der Waals surface area contributed by atoms with Crippen molar-refractivity contribution in [2.75, 3.05) is 13.1 Å². The van der Waals surface area contributed by atoms with E-state index < -0.39 is 5.97 Å². The van der Waals surface area contributed by atoms with Crippen LogP contribution in [0.1, 0.15) is 29.3 Å². The number of hydrogen-bond donors (Lipinski definition) is 1. The number of likely N-dealkylation sites (N-methyl/N-ethyl adjacent to an activating group) is 1. The number of benzene rings is 1. The van der Waals surface area contributed by atoms with Crippen LogP contribution in [0.25, 0.3) is 10.9 Å². The number of fused-ring (bicyclic) bond motifs is 2. The van der Waals surface area contributed by atoms with E-state index in [1.807, 2.05) is 25.1 Å². The lowest BCUT2D eigenvalue weighted by atomic mass is 9.93. The average Bonchev–Trinajstić information content (AvgIpc) is 2.47. The molecule has 3 rings (SSSR count). The maximum absolute atomic E-state index is 11.3. The topological polar surface area (TPSA) is 53.4 Å². The predicted octanol–water partition coefficient (Wildman–Crippen LogP) is 2.55. The van der Waals surface area contributed by atoms with Gasteiger partial charge in [-0.2, -0.15) is 0 Å². The van der Waals surface area contributed by atoms with Crippen LogP contribution in [0.5, 0.6) is 0 Å². The number of aliphatic carboxylic acids is 1. The Morgan fingerprint density at radius 1 is 1.43 bits per heavy atom.